The fourth-order valence-electron chi connectivity index (χ4n) is 2.33. The minimum atomic E-state index is -0.862. The van der Waals surface area contributed by atoms with Crippen molar-refractivity contribution in [2.24, 2.45) is 0 Å². The third-order valence-corrected chi connectivity index (χ3v) is 3.78. The van der Waals surface area contributed by atoms with Crippen LogP contribution < -0.4 is 25.1 Å². The first-order valence-corrected chi connectivity index (χ1v) is 9.35. The zero-order chi connectivity index (χ0) is 21.1. The van der Waals surface area contributed by atoms with E-state index in [1.54, 1.807) is 6.07 Å². The Morgan fingerprint density at radius 2 is 1.66 bits per heavy atom. The Hall–Kier alpha value is -3.29. The minimum absolute atomic E-state index is 0.171. The molecule has 0 aliphatic heterocycles. The second-order valence-electron chi connectivity index (χ2n) is 6.08. The number of carbonyl (C=O) groups is 2. The minimum Gasteiger partial charge on any atom is -0.490 e. The molecule has 2 N–H and O–H groups in total. The molecule has 0 aliphatic rings. The van der Waals surface area contributed by atoms with Gasteiger partial charge >= 0.3 is 0 Å². The van der Waals surface area contributed by atoms with Gasteiger partial charge in [-0.3, -0.25) is 20.4 Å². The molecule has 0 radical (unpaired) electrons. The summed E-state index contributed by atoms with van der Waals surface area (Å²) in [7, 11) is 0. The van der Waals surface area contributed by atoms with Gasteiger partial charge in [-0.25, -0.2) is 4.39 Å². The molecule has 156 valence electrons. The molecule has 8 heteroatoms. The Bertz CT molecular complexity index is 798. The fourth-order valence-corrected chi connectivity index (χ4v) is 2.33. The molecule has 0 aromatic heterocycles. The van der Waals surface area contributed by atoms with Crippen LogP contribution in [0.2, 0.25) is 0 Å². The standard InChI is InChI=1S/C21H25FN2O5/c1-3-27-18-7-4-5-8-19(18)28-14-6-9-20(25)23-24-21(26)15(2)29-17-12-10-16(22)11-13-17/h4-5,7-8,10-13,15H,3,6,9,14H2,1-2H3,(H,23,25)(H,24,26). The smallest absolute Gasteiger partial charge is 0.279 e. The highest BCUT2D eigenvalue weighted by molar-refractivity contribution is 5.84. The van der Waals surface area contributed by atoms with Gasteiger partial charge in [-0.2, -0.15) is 0 Å². The van der Waals surface area contributed by atoms with Gasteiger partial charge in [0.15, 0.2) is 17.6 Å². The van der Waals surface area contributed by atoms with Gasteiger partial charge < -0.3 is 14.2 Å². The predicted octanol–water partition coefficient (Wildman–Crippen LogP) is 3.00. The van der Waals surface area contributed by atoms with E-state index in [1.807, 2.05) is 25.1 Å². The van der Waals surface area contributed by atoms with Crippen LogP contribution in [0.25, 0.3) is 0 Å². The maximum atomic E-state index is 12.9. The van der Waals surface area contributed by atoms with Gasteiger partial charge in [-0.05, 0) is 56.7 Å². The number of ether oxygens (including phenoxy) is 3. The molecule has 1 atom stereocenters. The van der Waals surface area contributed by atoms with Crippen LogP contribution in [0.15, 0.2) is 48.5 Å². The summed E-state index contributed by atoms with van der Waals surface area (Å²) < 4.78 is 29.4. The lowest BCUT2D eigenvalue weighted by molar-refractivity contribution is -0.132. The molecule has 2 aromatic rings. The van der Waals surface area contributed by atoms with E-state index in [9.17, 15) is 14.0 Å². The van der Waals surface area contributed by atoms with E-state index in [-0.39, 0.29) is 12.3 Å². The Balaban J connectivity index is 1.65. The van der Waals surface area contributed by atoms with Crippen LogP contribution in [0, 0.1) is 5.82 Å². The molecule has 1 unspecified atom stereocenters. The first-order chi connectivity index (χ1) is 14.0. The number of halogens is 1. The molecule has 29 heavy (non-hydrogen) atoms. The summed E-state index contributed by atoms with van der Waals surface area (Å²) in [5.41, 5.74) is 4.63. The van der Waals surface area contributed by atoms with Crippen molar-refractivity contribution in [3.8, 4) is 17.2 Å². The van der Waals surface area contributed by atoms with Crippen molar-refractivity contribution in [2.45, 2.75) is 32.8 Å². The average Bonchev–Trinajstić information content (AvgIpc) is 2.72. The Morgan fingerprint density at radius 3 is 2.31 bits per heavy atom. The first kappa shape index (κ1) is 22.0. The number of nitrogens with one attached hydrogen (secondary N) is 2. The van der Waals surface area contributed by atoms with Gasteiger partial charge in [-0.15, -0.1) is 0 Å². The molecule has 7 nitrogen and oxygen atoms in total. The van der Waals surface area contributed by atoms with Gasteiger partial charge in [0.1, 0.15) is 11.6 Å². The largest absolute Gasteiger partial charge is 0.490 e. The second-order valence-corrected chi connectivity index (χ2v) is 6.08. The van der Waals surface area contributed by atoms with E-state index in [2.05, 4.69) is 10.9 Å². The highest BCUT2D eigenvalue weighted by Gasteiger charge is 2.15. The lowest BCUT2D eigenvalue weighted by Gasteiger charge is -2.15. The molecule has 2 aromatic carbocycles. The average molecular weight is 404 g/mol. The summed E-state index contributed by atoms with van der Waals surface area (Å²) in [4.78, 5) is 23.8. The monoisotopic (exact) mass is 404 g/mol. The molecular weight excluding hydrogens is 379 g/mol. The number of hydrogen-bond donors (Lipinski definition) is 2. The maximum Gasteiger partial charge on any atom is 0.279 e. The molecule has 2 amide bonds. The highest BCUT2D eigenvalue weighted by atomic mass is 19.1. The predicted molar refractivity (Wildman–Crippen MR) is 105 cm³/mol. The lowest BCUT2D eigenvalue weighted by Crippen LogP contribution is -2.47. The van der Waals surface area contributed by atoms with Gasteiger partial charge in [0, 0.05) is 6.42 Å². The molecule has 0 bridgehead atoms. The zero-order valence-electron chi connectivity index (χ0n) is 16.4. The van der Waals surface area contributed by atoms with Crippen LogP contribution in [0.4, 0.5) is 4.39 Å². The van der Waals surface area contributed by atoms with Crippen LogP contribution in [-0.2, 0) is 9.59 Å². The summed E-state index contributed by atoms with van der Waals surface area (Å²) >= 11 is 0. The summed E-state index contributed by atoms with van der Waals surface area (Å²) in [6, 6.07) is 12.6. The van der Waals surface area contributed by atoms with E-state index in [4.69, 9.17) is 14.2 Å². The maximum absolute atomic E-state index is 12.9. The number of para-hydroxylation sites is 2. The number of carbonyl (C=O) groups excluding carboxylic acids is 2. The van der Waals surface area contributed by atoms with E-state index >= 15 is 0 Å². The quantitative estimate of drug-likeness (QED) is 0.470. The summed E-state index contributed by atoms with van der Waals surface area (Å²) in [5.74, 6) is 0.354. The number of benzene rings is 2. The molecule has 0 fully saturated rings. The van der Waals surface area contributed by atoms with Gasteiger partial charge in [-0.1, -0.05) is 12.1 Å². The van der Waals surface area contributed by atoms with E-state index in [0.717, 1.165) is 0 Å². The molecular formula is C21H25FN2O5. The van der Waals surface area contributed by atoms with Crippen molar-refractivity contribution in [2.75, 3.05) is 13.2 Å². The SMILES string of the molecule is CCOc1ccccc1OCCCC(=O)NNC(=O)C(C)Oc1ccc(F)cc1. The molecule has 2 rings (SSSR count). The second kappa shape index (κ2) is 11.5. The van der Waals surface area contributed by atoms with Crippen LogP contribution in [-0.4, -0.2) is 31.1 Å². The first-order valence-electron chi connectivity index (χ1n) is 9.35. The van der Waals surface area contributed by atoms with Gasteiger partial charge in [0.25, 0.3) is 5.91 Å². The lowest BCUT2D eigenvalue weighted by atomic mass is 10.3. The topological polar surface area (TPSA) is 85.9 Å². The zero-order valence-corrected chi connectivity index (χ0v) is 16.4. The molecule has 0 spiro atoms. The van der Waals surface area contributed by atoms with Crippen LogP contribution in [0.3, 0.4) is 0 Å². The van der Waals surface area contributed by atoms with E-state index < -0.39 is 17.8 Å². The number of hydrazine groups is 1. The summed E-state index contributed by atoms with van der Waals surface area (Å²) in [6.45, 7) is 4.27. The Kier molecular flexibility index (Phi) is 8.75. The Labute approximate surface area is 169 Å². The van der Waals surface area contributed by atoms with Crippen LogP contribution in [0.1, 0.15) is 26.7 Å². The van der Waals surface area contributed by atoms with Crippen molar-refractivity contribution >= 4 is 11.8 Å². The Morgan fingerprint density at radius 1 is 1.00 bits per heavy atom. The van der Waals surface area contributed by atoms with Crippen molar-refractivity contribution in [1.82, 2.24) is 10.9 Å². The molecule has 0 saturated heterocycles. The van der Waals surface area contributed by atoms with Crippen molar-refractivity contribution in [1.29, 1.82) is 0 Å². The third kappa shape index (κ3) is 7.69. The fraction of sp³-hybridized carbons (Fsp3) is 0.333. The number of rotatable bonds is 10. The number of hydrogen-bond acceptors (Lipinski definition) is 5. The van der Waals surface area contributed by atoms with E-state index in [1.165, 1.54) is 31.2 Å². The van der Waals surface area contributed by atoms with Crippen molar-refractivity contribution < 1.29 is 28.2 Å². The summed E-state index contributed by atoms with van der Waals surface area (Å²) in [5, 5.41) is 0. The van der Waals surface area contributed by atoms with Crippen LogP contribution >= 0.6 is 0 Å². The summed E-state index contributed by atoms with van der Waals surface area (Å²) in [6.07, 6.45) is -0.229. The van der Waals surface area contributed by atoms with Crippen molar-refractivity contribution in [3.63, 3.8) is 0 Å². The highest BCUT2D eigenvalue weighted by Crippen LogP contribution is 2.26. The van der Waals surface area contributed by atoms with Crippen molar-refractivity contribution in [3.05, 3.63) is 54.3 Å². The van der Waals surface area contributed by atoms with Gasteiger partial charge in [0.2, 0.25) is 5.91 Å². The molecule has 0 saturated carbocycles. The normalized spacial score (nSPS) is 11.3. The third-order valence-electron chi connectivity index (χ3n) is 3.78. The van der Waals surface area contributed by atoms with E-state index in [0.29, 0.717) is 36.9 Å². The van der Waals surface area contributed by atoms with Crippen LogP contribution in [0.5, 0.6) is 17.2 Å². The molecule has 0 heterocycles. The number of amides is 2. The molecule has 0 aliphatic carbocycles. The van der Waals surface area contributed by atoms with Gasteiger partial charge in [0.05, 0.1) is 13.2 Å².